The molecule has 1 heterocycles. The number of hydrogen-bond acceptors (Lipinski definition) is 4. The van der Waals surface area contributed by atoms with E-state index in [2.05, 4.69) is 4.98 Å². The predicted molar refractivity (Wildman–Crippen MR) is 30.8 cm³/mol. The van der Waals surface area contributed by atoms with Crippen LogP contribution >= 0.6 is 0 Å². The Kier molecular flexibility index (Phi) is 1.68. The van der Waals surface area contributed by atoms with Crippen LogP contribution in [0, 0.1) is 5.21 Å². The lowest BCUT2D eigenvalue weighted by atomic mass is 10.4. The third kappa shape index (κ3) is 0.985. The summed E-state index contributed by atoms with van der Waals surface area (Å²) in [5, 5.41) is 27.8. The molecule has 0 radical (unpaired) electrons. The Bertz CT molecular complexity index is 238. The molecule has 5 heteroatoms. The normalized spacial score (nSPS) is 9.70. The van der Waals surface area contributed by atoms with Gasteiger partial charge in [0, 0.05) is 0 Å². The molecule has 0 aromatic carbocycles. The van der Waals surface area contributed by atoms with Crippen LogP contribution in [0.1, 0.15) is 5.69 Å². The van der Waals surface area contributed by atoms with Crippen molar-refractivity contribution in [1.82, 2.24) is 4.98 Å². The highest BCUT2D eigenvalue weighted by Crippen LogP contribution is 2.04. The Morgan fingerprint density at radius 2 is 2.40 bits per heavy atom. The molecule has 0 saturated carbocycles. The SMILES string of the molecule is [O-][n+]1ccnc(CO)c1O. The fourth-order valence-electron chi connectivity index (χ4n) is 0.551. The monoisotopic (exact) mass is 142 g/mol. The molecule has 1 aromatic heterocycles. The highest BCUT2D eigenvalue weighted by Gasteiger charge is 2.09. The van der Waals surface area contributed by atoms with E-state index >= 15 is 0 Å². The summed E-state index contributed by atoms with van der Waals surface area (Å²) < 4.78 is 0.235. The van der Waals surface area contributed by atoms with Crippen molar-refractivity contribution in [2.45, 2.75) is 6.61 Å². The molecule has 0 aliphatic carbocycles. The van der Waals surface area contributed by atoms with Gasteiger partial charge in [-0.05, 0) is 0 Å². The van der Waals surface area contributed by atoms with E-state index in [1.807, 2.05) is 0 Å². The summed E-state index contributed by atoms with van der Waals surface area (Å²) in [6.45, 7) is -0.436. The molecule has 1 rings (SSSR count). The van der Waals surface area contributed by atoms with E-state index in [1.165, 1.54) is 6.20 Å². The first-order valence-corrected chi connectivity index (χ1v) is 2.62. The maximum absolute atomic E-state index is 10.5. The summed E-state index contributed by atoms with van der Waals surface area (Å²) >= 11 is 0. The van der Waals surface area contributed by atoms with Crippen LogP contribution in [0.15, 0.2) is 12.4 Å². The number of aromatic hydroxyl groups is 1. The Labute approximate surface area is 56.8 Å². The number of aliphatic hydroxyl groups excluding tert-OH is 1. The number of aromatic nitrogens is 2. The molecule has 0 unspecified atom stereocenters. The Hall–Kier alpha value is -1.36. The standard InChI is InChI=1S/C5H6N2O3/c8-3-4-5(9)7(10)2-1-6-4/h1-2,8-9H,3H2. The molecule has 0 fully saturated rings. The lowest BCUT2D eigenvalue weighted by molar-refractivity contribution is -0.614. The second kappa shape index (κ2) is 2.49. The first kappa shape index (κ1) is 6.76. The largest absolute Gasteiger partial charge is 0.616 e. The first-order chi connectivity index (χ1) is 4.75. The van der Waals surface area contributed by atoms with Crippen LogP contribution in [0.3, 0.4) is 0 Å². The molecule has 0 saturated heterocycles. The Morgan fingerprint density at radius 3 is 2.90 bits per heavy atom. The molecule has 5 nitrogen and oxygen atoms in total. The third-order valence-corrected chi connectivity index (χ3v) is 1.05. The molecule has 0 amide bonds. The van der Waals surface area contributed by atoms with Crippen molar-refractivity contribution in [2.75, 3.05) is 0 Å². The van der Waals surface area contributed by atoms with Gasteiger partial charge in [-0.2, -0.15) is 0 Å². The summed E-state index contributed by atoms with van der Waals surface area (Å²) in [5.41, 5.74) is -0.0162. The van der Waals surface area contributed by atoms with Crippen LogP contribution in [0.4, 0.5) is 0 Å². The van der Waals surface area contributed by atoms with E-state index in [4.69, 9.17) is 10.2 Å². The highest BCUT2D eigenvalue weighted by atomic mass is 16.5. The topological polar surface area (TPSA) is 80.3 Å². The smallest absolute Gasteiger partial charge is 0.401 e. The zero-order chi connectivity index (χ0) is 7.56. The van der Waals surface area contributed by atoms with E-state index in [-0.39, 0.29) is 10.4 Å². The summed E-state index contributed by atoms with van der Waals surface area (Å²) in [6.07, 6.45) is 2.26. The molecular weight excluding hydrogens is 136 g/mol. The molecule has 2 N–H and O–H groups in total. The van der Waals surface area contributed by atoms with Crippen LogP contribution in [-0.2, 0) is 6.61 Å². The fourth-order valence-corrected chi connectivity index (χ4v) is 0.551. The van der Waals surface area contributed by atoms with Gasteiger partial charge in [-0.25, -0.2) is 4.98 Å². The lowest BCUT2D eigenvalue weighted by Crippen LogP contribution is -2.26. The number of hydrogen-bond donors (Lipinski definition) is 2. The minimum atomic E-state index is -0.551. The van der Waals surface area contributed by atoms with Gasteiger partial charge >= 0.3 is 5.88 Å². The Morgan fingerprint density at radius 1 is 1.70 bits per heavy atom. The summed E-state index contributed by atoms with van der Waals surface area (Å²) in [7, 11) is 0. The van der Waals surface area contributed by atoms with E-state index in [1.54, 1.807) is 0 Å². The summed E-state index contributed by atoms with van der Waals surface area (Å²) in [4.78, 5) is 3.54. The number of nitrogens with zero attached hydrogens (tertiary/aromatic N) is 2. The molecule has 0 atom stereocenters. The van der Waals surface area contributed by atoms with E-state index in [9.17, 15) is 5.21 Å². The van der Waals surface area contributed by atoms with Crippen molar-refractivity contribution in [1.29, 1.82) is 0 Å². The maximum Gasteiger partial charge on any atom is 0.401 e. The zero-order valence-corrected chi connectivity index (χ0v) is 5.06. The Balaban J connectivity index is 3.14. The zero-order valence-electron chi connectivity index (χ0n) is 5.06. The molecule has 0 aliphatic rings. The van der Waals surface area contributed by atoms with Crippen molar-refractivity contribution < 1.29 is 14.9 Å². The van der Waals surface area contributed by atoms with Crippen molar-refractivity contribution in [2.24, 2.45) is 0 Å². The second-order valence-corrected chi connectivity index (χ2v) is 1.68. The fraction of sp³-hybridized carbons (Fsp3) is 0.200. The second-order valence-electron chi connectivity index (χ2n) is 1.68. The van der Waals surface area contributed by atoms with Gasteiger partial charge in [0.15, 0.2) is 5.69 Å². The van der Waals surface area contributed by atoms with Crippen LogP contribution < -0.4 is 4.73 Å². The molecule has 1 aromatic rings. The maximum atomic E-state index is 10.5. The first-order valence-electron chi connectivity index (χ1n) is 2.62. The van der Waals surface area contributed by atoms with Crippen LogP contribution in [-0.4, -0.2) is 15.2 Å². The number of rotatable bonds is 1. The molecular formula is C5H6N2O3. The predicted octanol–water partition coefficient (Wildman–Crippen LogP) is -1.09. The van der Waals surface area contributed by atoms with Gasteiger partial charge in [0.2, 0.25) is 6.20 Å². The van der Waals surface area contributed by atoms with Crippen molar-refractivity contribution in [3.8, 4) is 5.88 Å². The van der Waals surface area contributed by atoms with E-state index in [0.717, 1.165) is 6.20 Å². The van der Waals surface area contributed by atoms with Gasteiger partial charge in [0.1, 0.15) is 0 Å². The van der Waals surface area contributed by atoms with Crippen molar-refractivity contribution in [3.05, 3.63) is 23.3 Å². The molecule has 0 aliphatic heterocycles. The van der Waals surface area contributed by atoms with Gasteiger partial charge in [-0.15, -0.1) is 4.73 Å². The quantitative estimate of drug-likeness (QED) is 0.385. The molecule has 0 bridgehead atoms. The third-order valence-electron chi connectivity index (χ3n) is 1.05. The van der Waals surface area contributed by atoms with Crippen LogP contribution in [0.5, 0.6) is 5.88 Å². The molecule has 54 valence electrons. The minimum absolute atomic E-state index is 0.0162. The van der Waals surface area contributed by atoms with Crippen molar-refractivity contribution in [3.63, 3.8) is 0 Å². The van der Waals surface area contributed by atoms with E-state index in [0.29, 0.717) is 0 Å². The summed E-state index contributed by atoms with van der Waals surface area (Å²) in [6, 6.07) is 0. The minimum Gasteiger partial charge on any atom is -0.616 e. The average molecular weight is 142 g/mol. The molecule has 10 heavy (non-hydrogen) atoms. The lowest BCUT2D eigenvalue weighted by Gasteiger charge is -1.98. The highest BCUT2D eigenvalue weighted by molar-refractivity contribution is 5.07. The van der Waals surface area contributed by atoms with Crippen LogP contribution in [0.2, 0.25) is 0 Å². The van der Waals surface area contributed by atoms with Crippen molar-refractivity contribution >= 4 is 0 Å². The van der Waals surface area contributed by atoms with Crippen LogP contribution in [0.25, 0.3) is 0 Å². The average Bonchev–Trinajstić information content (AvgIpc) is 1.95. The van der Waals surface area contributed by atoms with Gasteiger partial charge in [-0.1, -0.05) is 0 Å². The number of aliphatic hydroxyl groups is 1. The summed E-state index contributed by atoms with van der Waals surface area (Å²) in [5.74, 6) is -0.551. The van der Waals surface area contributed by atoms with Gasteiger partial charge in [-0.3, -0.25) is 0 Å². The van der Waals surface area contributed by atoms with Gasteiger partial charge in [0.05, 0.1) is 12.8 Å². The van der Waals surface area contributed by atoms with E-state index < -0.39 is 12.5 Å². The van der Waals surface area contributed by atoms with Gasteiger partial charge < -0.3 is 15.4 Å². The van der Waals surface area contributed by atoms with Gasteiger partial charge in [0.25, 0.3) is 0 Å². The molecule has 0 spiro atoms.